The third kappa shape index (κ3) is 3.13. The Balaban J connectivity index is 3.04. The molecule has 0 saturated carbocycles. The molecule has 1 rings (SSSR count). The summed E-state index contributed by atoms with van der Waals surface area (Å²) in [6, 6.07) is 5.44. The lowest BCUT2D eigenvalue weighted by Crippen LogP contribution is -2.27. The predicted octanol–water partition coefficient (Wildman–Crippen LogP) is 2.10. The van der Waals surface area contributed by atoms with Crippen molar-refractivity contribution in [3.8, 4) is 0 Å². The predicted molar refractivity (Wildman–Crippen MR) is 66.8 cm³/mol. The highest BCUT2D eigenvalue weighted by atomic mass is 79.9. The Bertz CT molecular complexity index is 488. The molecule has 0 radical (unpaired) electrons. The van der Waals surface area contributed by atoms with Crippen LogP contribution >= 0.6 is 15.9 Å². The molecule has 0 saturated heterocycles. The maximum atomic E-state index is 11.9. The Hall–Kier alpha value is -1.76. The number of nitro groups is 1. The van der Waals surface area contributed by atoms with Gasteiger partial charge < -0.3 is 4.74 Å². The first-order chi connectivity index (χ1) is 8.49. The Morgan fingerprint density at radius 1 is 1.44 bits per heavy atom. The van der Waals surface area contributed by atoms with Crippen LogP contribution in [0.4, 0.5) is 5.69 Å². The number of halogens is 1. The molecule has 0 heterocycles. The van der Waals surface area contributed by atoms with E-state index in [2.05, 4.69) is 20.7 Å². The molecule has 0 N–H and O–H groups in total. The molecule has 0 bridgehead atoms. The van der Waals surface area contributed by atoms with E-state index in [1.54, 1.807) is 6.92 Å². The van der Waals surface area contributed by atoms with Crippen molar-refractivity contribution in [1.82, 2.24) is 0 Å². The highest BCUT2D eigenvalue weighted by molar-refractivity contribution is 9.10. The van der Waals surface area contributed by atoms with E-state index >= 15 is 0 Å². The summed E-state index contributed by atoms with van der Waals surface area (Å²) in [5.74, 6) is -1.46. The van der Waals surface area contributed by atoms with Crippen LogP contribution in [0.5, 0.6) is 0 Å². The molecule has 0 aliphatic carbocycles. The molecule has 6 nitrogen and oxygen atoms in total. The van der Waals surface area contributed by atoms with Crippen molar-refractivity contribution in [3.05, 3.63) is 39.9 Å². The first-order valence-electron chi connectivity index (χ1n) is 5.07. The van der Waals surface area contributed by atoms with Crippen LogP contribution in [0.3, 0.4) is 0 Å². The first-order valence-corrected chi connectivity index (χ1v) is 5.99. The lowest BCUT2D eigenvalue weighted by Gasteiger charge is -2.08. The van der Waals surface area contributed by atoms with Crippen molar-refractivity contribution in [2.45, 2.75) is 11.8 Å². The number of rotatable bonds is 5. The fourth-order valence-electron chi connectivity index (χ4n) is 1.30. The highest BCUT2D eigenvalue weighted by Crippen LogP contribution is 2.22. The molecule has 0 unspecified atom stereocenters. The fraction of sp³-hybridized carbons (Fsp3) is 0.273. The summed E-state index contributed by atoms with van der Waals surface area (Å²) in [6.45, 7) is 1.73. The normalized spacial score (nSPS) is 11.7. The van der Waals surface area contributed by atoms with Gasteiger partial charge in [-0.25, -0.2) is 0 Å². The molecule has 0 spiro atoms. The Kier molecular flexibility index (Phi) is 4.96. The van der Waals surface area contributed by atoms with Gasteiger partial charge in [0.1, 0.15) is 0 Å². The van der Waals surface area contributed by atoms with E-state index in [1.807, 2.05) is 0 Å². The van der Waals surface area contributed by atoms with Gasteiger partial charge in [0.15, 0.2) is 10.6 Å². The van der Waals surface area contributed by atoms with Gasteiger partial charge in [0.2, 0.25) is 0 Å². The number of ketones is 1. The number of ether oxygens (including phenoxy) is 1. The zero-order valence-electron chi connectivity index (χ0n) is 9.46. The van der Waals surface area contributed by atoms with Gasteiger partial charge in [-0.15, -0.1) is 0 Å². The van der Waals surface area contributed by atoms with Crippen LogP contribution < -0.4 is 0 Å². The summed E-state index contributed by atoms with van der Waals surface area (Å²) in [5, 5.41) is 10.8. The number of hydrogen-bond donors (Lipinski definition) is 0. The molecule has 1 atom stereocenters. The third-order valence-electron chi connectivity index (χ3n) is 2.09. The van der Waals surface area contributed by atoms with Gasteiger partial charge in [0.05, 0.1) is 17.1 Å². The topological polar surface area (TPSA) is 86.5 Å². The molecule has 7 heteroatoms. The summed E-state index contributed by atoms with van der Waals surface area (Å²) in [7, 11) is 0. The van der Waals surface area contributed by atoms with Gasteiger partial charge in [-0.3, -0.25) is 19.7 Å². The number of nitro benzene ring substituents is 1. The Labute approximate surface area is 111 Å². The van der Waals surface area contributed by atoms with E-state index in [9.17, 15) is 19.7 Å². The summed E-state index contributed by atoms with van der Waals surface area (Å²) in [5.41, 5.74) is -0.464. The molecule has 1 aromatic rings. The van der Waals surface area contributed by atoms with Crippen molar-refractivity contribution in [3.63, 3.8) is 0 Å². The lowest BCUT2D eigenvalue weighted by molar-refractivity contribution is -0.385. The number of para-hydroxylation sites is 1. The SMILES string of the molecule is CCOC(=O)[C@H](Br)C(=O)c1ccccc1[N+](=O)[O-]. The maximum absolute atomic E-state index is 11.9. The van der Waals surface area contributed by atoms with Gasteiger partial charge in [0.25, 0.3) is 5.69 Å². The van der Waals surface area contributed by atoms with Gasteiger partial charge in [-0.2, -0.15) is 0 Å². The first kappa shape index (κ1) is 14.3. The summed E-state index contributed by atoms with van der Waals surface area (Å²) in [6.07, 6.45) is 0. The van der Waals surface area contributed by atoms with Gasteiger partial charge in [-0.1, -0.05) is 28.1 Å². The minimum Gasteiger partial charge on any atom is -0.465 e. The van der Waals surface area contributed by atoms with Crippen LogP contribution in [0.2, 0.25) is 0 Å². The van der Waals surface area contributed by atoms with Crippen LogP contribution in [0.15, 0.2) is 24.3 Å². The number of carbonyl (C=O) groups excluding carboxylic acids is 2. The summed E-state index contributed by atoms with van der Waals surface area (Å²) < 4.78 is 4.67. The maximum Gasteiger partial charge on any atom is 0.327 e. The highest BCUT2D eigenvalue weighted by Gasteiger charge is 2.30. The molecule has 0 aliphatic heterocycles. The van der Waals surface area contributed by atoms with E-state index < -0.39 is 21.5 Å². The number of hydrogen-bond acceptors (Lipinski definition) is 5. The van der Waals surface area contributed by atoms with Crippen molar-refractivity contribution >= 4 is 33.4 Å². The van der Waals surface area contributed by atoms with Crippen LogP contribution in [-0.4, -0.2) is 28.1 Å². The van der Waals surface area contributed by atoms with Gasteiger partial charge >= 0.3 is 5.97 Å². The third-order valence-corrected chi connectivity index (χ3v) is 2.88. The minimum absolute atomic E-state index is 0.127. The van der Waals surface area contributed by atoms with E-state index in [0.29, 0.717) is 0 Å². The van der Waals surface area contributed by atoms with Crippen LogP contribution in [0.1, 0.15) is 17.3 Å². The van der Waals surface area contributed by atoms with Crippen LogP contribution in [0.25, 0.3) is 0 Å². The molecule has 96 valence electrons. The summed E-state index contributed by atoms with van der Waals surface area (Å²) >= 11 is 2.88. The number of Topliss-reactive ketones (excluding diaryl/α,β-unsaturated/α-hetero) is 1. The molecule has 0 aromatic heterocycles. The number of esters is 1. The molecule has 0 aliphatic rings. The zero-order valence-corrected chi connectivity index (χ0v) is 11.0. The number of alkyl halides is 1. The van der Waals surface area contributed by atoms with Crippen LogP contribution in [-0.2, 0) is 9.53 Å². The number of nitrogens with zero attached hydrogens (tertiary/aromatic N) is 1. The standard InChI is InChI=1S/C11H10BrNO5/c1-2-18-11(15)9(12)10(14)7-5-3-4-6-8(7)13(16)17/h3-6,9H,2H2,1H3/t9-/m1/s1. The van der Waals surface area contributed by atoms with Crippen molar-refractivity contribution in [2.75, 3.05) is 6.61 Å². The van der Waals surface area contributed by atoms with Crippen molar-refractivity contribution in [1.29, 1.82) is 0 Å². The van der Waals surface area contributed by atoms with E-state index in [4.69, 9.17) is 0 Å². The molecule has 18 heavy (non-hydrogen) atoms. The molecule has 0 amide bonds. The smallest absolute Gasteiger partial charge is 0.327 e. The van der Waals surface area contributed by atoms with E-state index in [0.717, 1.165) is 0 Å². The second-order valence-corrected chi connectivity index (χ2v) is 4.17. The van der Waals surface area contributed by atoms with Crippen molar-refractivity contribution in [2.24, 2.45) is 0 Å². The lowest BCUT2D eigenvalue weighted by atomic mass is 10.1. The average Bonchev–Trinajstić information content (AvgIpc) is 2.37. The molecular formula is C11H10BrNO5. The fourth-order valence-corrected chi connectivity index (χ4v) is 1.68. The molecule has 1 aromatic carbocycles. The molecular weight excluding hydrogens is 306 g/mol. The second-order valence-electron chi connectivity index (χ2n) is 3.25. The average molecular weight is 316 g/mol. The van der Waals surface area contributed by atoms with Gasteiger partial charge in [-0.05, 0) is 13.0 Å². The Morgan fingerprint density at radius 3 is 2.61 bits per heavy atom. The monoisotopic (exact) mass is 315 g/mol. The minimum atomic E-state index is -1.24. The molecule has 0 fully saturated rings. The quantitative estimate of drug-likeness (QED) is 0.207. The van der Waals surface area contributed by atoms with E-state index in [-0.39, 0.29) is 17.9 Å². The van der Waals surface area contributed by atoms with Crippen molar-refractivity contribution < 1.29 is 19.2 Å². The van der Waals surface area contributed by atoms with Gasteiger partial charge in [0, 0.05) is 6.07 Å². The summed E-state index contributed by atoms with van der Waals surface area (Å²) in [4.78, 5) is 32.2. The zero-order chi connectivity index (χ0) is 13.7. The number of carbonyl (C=O) groups is 2. The van der Waals surface area contributed by atoms with Crippen LogP contribution in [0, 0.1) is 10.1 Å². The largest absolute Gasteiger partial charge is 0.465 e. The number of benzene rings is 1. The Morgan fingerprint density at radius 2 is 2.06 bits per heavy atom. The second kappa shape index (κ2) is 6.25. The van der Waals surface area contributed by atoms with E-state index in [1.165, 1.54) is 24.3 Å².